The van der Waals surface area contributed by atoms with Crippen molar-refractivity contribution < 1.29 is 0 Å². The maximum Gasteiger partial charge on any atom is 0.0541 e. The monoisotopic (exact) mass is 753 g/mol. The normalized spacial score (nSPS) is 13.1. The fourth-order valence-electron chi connectivity index (χ4n) is 9.95. The molecule has 0 saturated heterocycles. The summed E-state index contributed by atoms with van der Waals surface area (Å²) < 4.78 is 4.87. The number of pyridine rings is 1. The number of fused-ring (bicyclic) bond motifs is 9. The second kappa shape index (κ2) is 12.8. The lowest BCUT2D eigenvalue weighted by Gasteiger charge is -2.21. The number of para-hydroxylation sites is 2. The molecule has 1 aliphatic rings. The minimum Gasteiger partial charge on any atom is -0.309 e. The summed E-state index contributed by atoms with van der Waals surface area (Å²) in [4.78, 5) is 4.46. The fourth-order valence-corrected chi connectivity index (χ4v) is 9.95. The second-order valence-corrected chi connectivity index (χ2v) is 16.4. The summed E-state index contributed by atoms with van der Waals surface area (Å²) in [5.41, 5.74) is 19.5. The highest BCUT2D eigenvalue weighted by Crippen LogP contribution is 2.49. The molecule has 0 unspecified atom stereocenters. The van der Waals surface area contributed by atoms with E-state index in [2.05, 4.69) is 210 Å². The van der Waals surface area contributed by atoms with Crippen LogP contribution in [-0.4, -0.2) is 14.1 Å². The van der Waals surface area contributed by atoms with E-state index >= 15 is 0 Å². The topological polar surface area (TPSA) is 22.8 Å². The van der Waals surface area contributed by atoms with Gasteiger partial charge in [-0.15, -0.1) is 0 Å². The minimum absolute atomic E-state index is 0.0252. The molecular formula is C56H39N3. The molecule has 11 aromatic rings. The Morgan fingerprint density at radius 3 is 1.59 bits per heavy atom. The Kier molecular flexibility index (Phi) is 7.27. The summed E-state index contributed by atoms with van der Waals surface area (Å²) in [6.07, 6.45) is 3.78. The summed E-state index contributed by atoms with van der Waals surface area (Å²) in [6, 6.07) is 69.3. The van der Waals surface area contributed by atoms with Crippen LogP contribution in [0.4, 0.5) is 0 Å². The highest BCUT2D eigenvalue weighted by atomic mass is 15.0. The molecule has 8 aromatic carbocycles. The lowest BCUT2D eigenvalue weighted by atomic mass is 9.82. The van der Waals surface area contributed by atoms with E-state index in [0.717, 1.165) is 16.8 Å². The van der Waals surface area contributed by atoms with E-state index in [1.165, 1.54) is 93.8 Å². The van der Waals surface area contributed by atoms with Crippen LogP contribution in [0.5, 0.6) is 0 Å². The molecule has 59 heavy (non-hydrogen) atoms. The van der Waals surface area contributed by atoms with Gasteiger partial charge in [0.25, 0.3) is 0 Å². The van der Waals surface area contributed by atoms with Crippen molar-refractivity contribution >= 4 is 43.6 Å². The zero-order valence-electron chi connectivity index (χ0n) is 32.9. The third-order valence-electron chi connectivity index (χ3n) is 12.8. The van der Waals surface area contributed by atoms with Gasteiger partial charge in [-0.3, -0.25) is 4.98 Å². The number of aromatic nitrogens is 3. The molecule has 3 nitrogen and oxygen atoms in total. The maximum atomic E-state index is 4.46. The van der Waals surface area contributed by atoms with Crippen molar-refractivity contribution in [2.75, 3.05) is 0 Å². The third-order valence-corrected chi connectivity index (χ3v) is 12.8. The Morgan fingerprint density at radius 1 is 0.356 bits per heavy atom. The number of nitrogens with zero attached hydrogens (tertiary/aromatic N) is 3. The molecule has 3 heteroatoms. The lowest BCUT2D eigenvalue weighted by molar-refractivity contribution is 0.660. The van der Waals surface area contributed by atoms with Gasteiger partial charge in [0.1, 0.15) is 0 Å². The van der Waals surface area contributed by atoms with Crippen LogP contribution in [-0.2, 0) is 5.41 Å². The Morgan fingerprint density at radius 2 is 0.915 bits per heavy atom. The Bertz CT molecular complexity index is 3400. The zero-order chi connectivity index (χ0) is 39.2. The molecule has 0 fully saturated rings. The van der Waals surface area contributed by atoms with E-state index in [4.69, 9.17) is 0 Å². The molecule has 3 aromatic heterocycles. The van der Waals surface area contributed by atoms with Gasteiger partial charge in [0, 0.05) is 56.3 Å². The maximum absolute atomic E-state index is 4.46. The van der Waals surface area contributed by atoms with Crippen LogP contribution < -0.4 is 0 Å². The molecule has 278 valence electrons. The van der Waals surface area contributed by atoms with Crippen LogP contribution in [0.3, 0.4) is 0 Å². The van der Waals surface area contributed by atoms with E-state index in [-0.39, 0.29) is 5.41 Å². The largest absolute Gasteiger partial charge is 0.309 e. The van der Waals surface area contributed by atoms with Crippen molar-refractivity contribution in [3.8, 4) is 55.9 Å². The van der Waals surface area contributed by atoms with Crippen molar-refractivity contribution in [2.45, 2.75) is 19.3 Å². The lowest BCUT2D eigenvalue weighted by Crippen LogP contribution is -2.14. The first-order valence-electron chi connectivity index (χ1n) is 20.4. The van der Waals surface area contributed by atoms with Crippen LogP contribution in [0.2, 0.25) is 0 Å². The van der Waals surface area contributed by atoms with Gasteiger partial charge in [0.2, 0.25) is 0 Å². The fraction of sp³-hybridized carbons (Fsp3) is 0.0536. The first-order valence-corrected chi connectivity index (χ1v) is 20.4. The molecular weight excluding hydrogens is 715 g/mol. The first-order chi connectivity index (χ1) is 29.0. The predicted octanol–water partition coefficient (Wildman–Crippen LogP) is 14.6. The second-order valence-electron chi connectivity index (χ2n) is 16.4. The summed E-state index contributed by atoms with van der Waals surface area (Å²) in [5.74, 6) is 0. The van der Waals surface area contributed by atoms with Crippen LogP contribution in [0.15, 0.2) is 200 Å². The van der Waals surface area contributed by atoms with Gasteiger partial charge >= 0.3 is 0 Å². The zero-order valence-corrected chi connectivity index (χ0v) is 32.9. The van der Waals surface area contributed by atoms with Gasteiger partial charge in [-0.1, -0.05) is 129 Å². The smallest absolute Gasteiger partial charge is 0.0541 e. The average molecular weight is 754 g/mol. The van der Waals surface area contributed by atoms with Crippen molar-refractivity contribution in [3.05, 3.63) is 212 Å². The summed E-state index contributed by atoms with van der Waals surface area (Å²) in [6.45, 7) is 4.69. The summed E-state index contributed by atoms with van der Waals surface area (Å²) in [7, 11) is 0. The standard InChI is InChI=1S/C56H39N3/c1-56(2)50-19-9-6-16-44(50)47-34-42(24-25-51(47)56)58-52-20-10-7-17-45(52)48-32-37(22-26-54(48)58)38-23-27-55-49(33-38)46-18-8-11-21-53(46)59(55)43-30-40(36-13-4-3-5-14-36)29-41(31-43)39-15-12-28-57-35-39/h3-35H,1-2H3. The molecule has 0 spiro atoms. The predicted molar refractivity (Wildman–Crippen MR) is 247 cm³/mol. The molecule has 1 aliphatic carbocycles. The van der Waals surface area contributed by atoms with Gasteiger partial charge in [-0.05, 0) is 123 Å². The molecule has 12 rings (SSSR count). The van der Waals surface area contributed by atoms with Crippen molar-refractivity contribution in [2.24, 2.45) is 0 Å². The van der Waals surface area contributed by atoms with Gasteiger partial charge in [-0.2, -0.15) is 0 Å². The molecule has 3 heterocycles. The van der Waals surface area contributed by atoms with Crippen molar-refractivity contribution in [1.29, 1.82) is 0 Å². The van der Waals surface area contributed by atoms with Crippen LogP contribution in [0.1, 0.15) is 25.0 Å². The van der Waals surface area contributed by atoms with Crippen molar-refractivity contribution in [1.82, 2.24) is 14.1 Å². The Hall–Kier alpha value is -7.49. The minimum atomic E-state index is -0.0252. The number of hydrogen-bond donors (Lipinski definition) is 0. The number of benzene rings is 8. The van der Waals surface area contributed by atoms with E-state index < -0.39 is 0 Å². The van der Waals surface area contributed by atoms with Gasteiger partial charge in [0.15, 0.2) is 0 Å². The quantitative estimate of drug-likeness (QED) is 0.172. The summed E-state index contributed by atoms with van der Waals surface area (Å²) >= 11 is 0. The Labute approximate surface area is 343 Å². The van der Waals surface area contributed by atoms with Gasteiger partial charge in [-0.25, -0.2) is 0 Å². The molecule has 0 aliphatic heterocycles. The van der Waals surface area contributed by atoms with Crippen LogP contribution in [0, 0.1) is 0 Å². The number of hydrogen-bond acceptors (Lipinski definition) is 1. The molecule has 0 amide bonds. The highest BCUT2D eigenvalue weighted by Gasteiger charge is 2.35. The molecule has 0 atom stereocenters. The third kappa shape index (κ3) is 5.11. The molecule has 0 N–H and O–H groups in total. The van der Waals surface area contributed by atoms with Gasteiger partial charge < -0.3 is 9.13 Å². The SMILES string of the molecule is CC1(C)c2ccccc2-c2cc(-n3c4ccccc4c4cc(-c5ccc6c(c5)c5ccccc5n6-c5cc(-c6ccccc6)cc(-c6cccnc6)c5)ccc43)ccc21. The van der Waals surface area contributed by atoms with E-state index in [0.29, 0.717) is 0 Å². The highest BCUT2D eigenvalue weighted by molar-refractivity contribution is 6.13. The van der Waals surface area contributed by atoms with Gasteiger partial charge in [0.05, 0.1) is 22.1 Å². The van der Waals surface area contributed by atoms with E-state index in [9.17, 15) is 0 Å². The van der Waals surface area contributed by atoms with Crippen LogP contribution >= 0.6 is 0 Å². The molecule has 0 saturated carbocycles. The van der Waals surface area contributed by atoms with E-state index in [1.54, 1.807) is 0 Å². The van der Waals surface area contributed by atoms with Crippen LogP contribution in [0.25, 0.3) is 99.5 Å². The first kappa shape index (κ1) is 33.6. The average Bonchev–Trinajstić information content (AvgIpc) is 3.89. The molecule has 0 radical (unpaired) electrons. The number of rotatable bonds is 5. The van der Waals surface area contributed by atoms with E-state index in [1.807, 2.05) is 18.5 Å². The summed E-state index contributed by atoms with van der Waals surface area (Å²) in [5, 5.41) is 4.97. The molecule has 0 bridgehead atoms. The Balaban J connectivity index is 1.02. The van der Waals surface area contributed by atoms with Crippen molar-refractivity contribution in [3.63, 3.8) is 0 Å².